The number of hydrogen-bond acceptors (Lipinski definition) is 4. The van der Waals surface area contributed by atoms with Crippen molar-refractivity contribution in [3.63, 3.8) is 0 Å². The lowest BCUT2D eigenvalue weighted by atomic mass is 10.2. The van der Waals surface area contributed by atoms with Crippen LogP contribution < -0.4 is 10.6 Å². The monoisotopic (exact) mass is 286 g/mol. The number of carboxylic acid groups (broad SMARTS) is 1. The molecular weight excluding hydrogens is 268 g/mol. The molecule has 112 valence electrons. The fourth-order valence-corrected chi connectivity index (χ4v) is 2.35. The zero-order valence-corrected chi connectivity index (χ0v) is 11.2. The maximum absolute atomic E-state index is 12.0. The summed E-state index contributed by atoms with van der Waals surface area (Å²) in [6.45, 7) is 1.79. The van der Waals surface area contributed by atoms with Gasteiger partial charge in [0.2, 0.25) is 0 Å². The van der Waals surface area contributed by atoms with Crippen LogP contribution in [0.3, 0.4) is 0 Å². The molecule has 20 heavy (non-hydrogen) atoms. The number of piperazine rings is 1. The molecule has 2 rings (SSSR count). The molecule has 9 nitrogen and oxygen atoms in total. The number of ether oxygens (including phenoxy) is 1. The summed E-state index contributed by atoms with van der Waals surface area (Å²) < 4.78 is 4.74. The Morgan fingerprint density at radius 2 is 2.30 bits per heavy atom. The number of fused-ring (bicyclic) bond motifs is 1. The quantitative estimate of drug-likeness (QED) is 0.583. The van der Waals surface area contributed by atoms with Gasteiger partial charge in [-0.05, 0) is 0 Å². The first-order chi connectivity index (χ1) is 9.52. The van der Waals surface area contributed by atoms with Crippen molar-refractivity contribution in [1.82, 2.24) is 20.4 Å². The Hall–Kier alpha value is -2.03. The second kappa shape index (κ2) is 5.95. The molecule has 4 amide bonds. The highest BCUT2D eigenvalue weighted by atomic mass is 16.5. The van der Waals surface area contributed by atoms with E-state index in [-0.39, 0.29) is 24.6 Å². The molecule has 2 aliphatic heterocycles. The molecule has 0 bridgehead atoms. The van der Waals surface area contributed by atoms with Crippen LogP contribution in [0, 0.1) is 0 Å². The van der Waals surface area contributed by atoms with Crippen LogP contribution in [0.15, 0.2) is 0 Å². The molecule has 0 aliphatic carbocycles. The van der Waals surface area contributed by atoms with Gasteiger partial charge in [-0.1, -0.05) is 0 Å². The molecule has 2 unspecified atom stereocenters. The predicted molar refractivity (Wildman–Crippen MR) is 67.3 cm³/mol. The number of nitrogens with zero attached hydrogens (tertiary/aromatic N) is 2. The molecule has 0 radical (unpaired) electrons. The SMILES string of the molecule is COC(CNC(=O)N1CCN2C(=O)NCC2C1)C(=O)O. The standard InChI is InChI=1S/C11H18N4O5/c1-20-8(9(16)17)5-13-10(18)14-2-3-15-7(6-14)4-12-11(15)19/h7-8H,2-6H2,1H3,(H,12,19)(H,13,18)(H,16,17). The van der Waals surface area contributed by atoms with Crippen LogP contribution in [0.2, 0.25) is 0 Å². The minimum atomic E-state index is -1.12. The Morgan fingerprint density at radius 1 is 1.55 bits per heavy atom. The summed E-state index contributed by atoms with van der Waals surface area (Å²) in [4.78, 5) is 37.4. The van der Waals surface area contributed by atoms with Crippen molar-refractivity contribution in [2.75, 3.05) is 39.8 Å². The molecule has 2 saturated heterocycles. The zero-order valence-electron chi connectivity index (χ0n) is 11.2. The number of aliphatic carboxylic acids is 1. The van der Waals surface area contributed by atoms with Gasteiger partial charge in [0, 0.05) is 33.3 Å². The van der Waals surface area contributed by atoms with E-state index in [1.54, 1.807) is 9.80 Å². The molecule has 0 saturated carbocycles. The van der Waals surface area contributed by atoms with Crippen LogP contribution in [0.5, 0.6) is 0 Å². The lowest BCUT2D eigenvalue weighted by Gasteiger charge is -2.36. The average molecular weight is 286 g/mol. The van der Waals surface area contributed by atoms with Gasteiger partial charge in [-0.15, -0.1) is 0 Å². The van der Waals surface area contributed by atoms with E-state index in [1.807, 2.05) is 0 Å². The van der Waals surface area contributed by atoms with Crippen LogP contribution in [-0.2, 0) is 9.53 Å². The summed E-state index contributed by atoms with van der Waals surface area (Å²) in [5, 5.41) is 14.1. The highest BCUT2D eigenvalue weighted by Crippen LogP contribution is 2.14. The van der Waals surface area contributed by atoms with Gasteiger partial charge in [-0.25, -0.2) is 14.4 Å². The number of hydrogen-bond donors (Lipinski definition) is 3. The second-order valence-electron chi connectivity index (χ2n) is 4.73. The topological polar surface area (TPSA) is 111 Å². The number of carbonyl (C=O) groups is 3. The van der Waals surface area contributed by atoms with Gasteiger partial charge in [0.15, 0.2) is 6.10 Å². The van der Waals surface area contributed by atoms with Crippen molar-refractivity contribution >= 4 is 18.0 Å². The Kier molecular flexibility index (Phi) is 4.28. The van der Waals surface area contributed by atoms with E-state index in [2.05, 4.69) is 10.6 Å². The van der Waals surface area contributed by atoms with Gasteiger partial charge in [-0.2, -0.15) is 0 Å². The Bertz CT molecular complexity index is 416. The largest absolute Gasteiger partial charge is 0.479 e. The molecule has 2 atom stereocenters. The molecule has 2 fully saturated rings. The molecule has 3 N–H and O–H groups in total. The molecule has 0 aromatic carbocycles. The van der Waals surface area contributed by atoms with Crippen molar-refractivity contribution in [3.8, 4) is 0 Å². The van der Waals surface area contributed by atoms with E-state index < -0.39 is 12.1 Å². The molecule has 0 aromatic rings. The van der Waals surface area contributed by atoms with E-state index in [0.29, 0.717) is 26.2 Å². The highest BCUT2D eigenvalue weighted by molar-refractivity contribution is 5.79. The molecule has 0 spiro atoms. The maximum Gasteiger partial charge on any atom is 0.334 e. The van der Waals surface area contributed by atoms with E-state index in [0.717, 1.165) is 0 Å². The molecule has 0 aromatic heterocycles. The van der Waals surface area contributed by atoms with Gasteiger partial charge in [0.05, 0.1) is 12.6 Å². The summed E-state index contributed by atoms with van der Waals surface area (Å²) in [7, 11) is 1.28. The molecule has 2 aliphatic rings. The van der Waals surface area contributed by atoms with Crippen molar-refractivity contribution in [2.24, 2.45) is 0 Å². The zero-order chi connectivity index (χ0) is 14.7. The van der Waals surface area contributed by atoms with Gasteiger partial charge < -0.3 is 30.3 Å². The Labute approximate surface area is 115 Å². The molecule has 2 heterocycles. The number of carbonyl (C=O) groups excluding carboxylic acids is 2. The fourth-order valence-electron chi connectivity index (χ4n) is 2.35. The lowest BCUT2D eigenvalue weighted by molar-refractivity contribution is -0.148. The lowest BCUT2D eigenvalue weighted by Crippen LogP contribution is -2.56. The van der Waals surface area contributed by atoms with E-state index in [1.165, 1.54) is 7.11 Å². The summed E-state index contributed by atoms with van der Waals surface area (Å²) in [6.07, 6.45) is -1.06. The van der Waals surface area contributed by atoms with Gasteiger partial charge >= 0.3 is 18.0 Å². The maximum atomic E-state index is 12.0. The summed E-state index contributed by atoms with van der Waals surface area (Å²) >= 11 is 0. The third-order valence-corrected chi connectivity index (χ3v) is 3.52. The number of amides is 4. The van der Waals surface area contributed by atoms with Gasteiger partial charge in [0.1, 0.15) is 0 Å². The van der Waals surface area contributed by atoms with Crippen LogP contribution in [0.1, 0.15) is 0 Å². The minimum absolute atomic E-state index is 0.0142. The van der Waals surface area contributed by atoms with Crippen molar-refractivity contribution in [3.05, 3.63) is 0 Å². The fraction of sp³-hybridized carbons (Fsp3) is 0.727. The first-order valence-corrected chi connectivity index (χ1v) is 6.35. The van der Waals surface area contributed by atoms with Crippen molar-refractivity contribution in [2.45, 2.75) is 12.1 Å². The smallest absolute Gasteiger partial charge is 0.334 e. The van der Waals surface area contributed by atoms with Crippen molar-refractivity contribution in [1.29, 1.82) is 0 Å². The van der Waals surface area contributed by atoms with Crippen LogP contribution in [0.25, 0.3) is 0 Å². The Morgan fingerprint density at radius 3 is 2.95 bits per heavy atom. The van der Waals surface area contributed by atoms with Gasteiger partial charge in [0.25, 0.3) is 0 Å². The summed E-state index contributed by atoms with van der Waals surface area (Å²) in [5.74, 6) is -1.12. The van der Waals surface area contributed by atoms with E-state index in [4.69, 9.17) is 9.84 Å². The molecular formula is C11H18N4O5. The minimum Gasteiger partial charge on any atom is -0.479 e. The number of urea groups is 2. The number of rotatable bonds is 4. The molecule has 9 heteroatoms. The second-order valence-corrected chi connectivity index (χ2v) is 4.73. The van der Waals surface area contributed by atoms with Crippen molar-refractivity contribution < 1.29 is 24.2 Å². The highest BCUT2D eigenvalue weighted by Gasteiger charge is 2.36. The normalized spacial score (nSPS) is 23.1. The third-order valence-electron chi connectivity index (χ3n) is 3.52. The third kappa shape index (κ3) is 2.93. The first-order valence-electron chi connectivity index (χ1n) is 6.35. The summed E-state index contributed by atoms with van der Waals surface area (Å²) in [5.41, 5.74) is 0. The van der Waals surface area contributed by atoms with Crippen LogP contribution in [0.4, 0.5) is 9.59 Å². The summed E-state index contributed by atoms with van der Waals surface area (Å²) in [6, 6.07) is -0.452. The van der Waals surface area contributed by atoms with Gasteiger partial charge in [-0.3, -0.25) is 0 Å². The van der Waals surface area contributed by atoms with Crippen LogP contribution >= 0.6 is 0 Å². The number of nitrogens with one attached hydrogen (secondary N) is 2. The van der Waals surface area contributed by atoms with E-state index in [9.17, 15) is 14.4 Å². The number of methoxy groups -OCH3 is 1. The van der Waals surface area contributed by atoms with E-state index >= 15 is 0 Å². The predicted octanol–water partition coefficient (Wildman–Crippen LogP) is -1.49. The Balaban J connectivity index is 1.82. The van der Waals surface area contributed by atoms with Crippen LogP contribution in [-0.4, -0.2) is 84.9 Å². The number of carboxylic acids is 1. The average Bonchev–Trinajstić information content (AvgIpc) is 2.80. The first kappa shape index (κ1) is 14.4.